The van der Waals surface area contributed by atoms with Crippen LogP contribution in [0, 0.1) is 29.1 Å². The molecule has 1 rings (SSSR count). The van der Waals surface area contributed by atoms with Crippen molar-refractivity contribution in [3.63, 3.8) is 0 Å². The molecule has 0 heterocycles. The molecule has 1 aliphatic carbocycles. The second kappa shape index (κ2) is 6.12. The number of nitrogens with zero attached hydrogens (tertiary/aromatic N) is 1. The number of hydrogen-bond acceptors (Lipinski definition) is 2. The van der Waals surface area contributed by atoms with Crippen LogP contribution in [0.3, 0.4) is 0 Å². The minimum atomic E-state index is 0.635. The predicted octanol–water partition coefficient (Wildman–Crippen LogP) is 2.95. The summed E-state index contributed by atoms with van der Waals surface area (Å²) < 4.78 is 0. The lowest BCUT2D eigenvalue weighted by molar-refractivity contribution is 0.171. The first-order chi connectivity index (χ1) is 7.15. The van der Waals surface area contributed by atoms with Crippen molar-refractivity contribution in [2.45, 2.75) is 52.5 Å². The Kier molecular flexibility index (Phi) is 5.11. The molecule has 2 heteroatoms. The van der Waals surface area contributed by atoms with Gasteiger partial charge in [-0.05, 0) is 30.6 Å². The predicted molar refractivity (Wildman–Crippen MR) is 63.4 cm³/mol. The van der Waals surface area contributed by atoms with Crippen molar-refractivity contribution in [3.8, 4) is 6.07 Å². The highest BCUT2D eigenvalue weighted by Crippen LogP contribution is 2.33. The molecule has 0 aromatic carbocycles. The van der Waals surface area contributed by atoms with Crippen molar-refractivity contribution in [1.29, 1.82) is 5.26 Å². The average molecular weight is 208 g/mol. The van der Waals surface area contributed by atoms with Crippen LogP contribution < -0.4 is 5.32 Å². The van der Waals surface area contributed by atoms with Crippen LogP contribution in [0.4, 0.5) is 0 Å². The van der Waals surface area contributed by atoms with Crippen LogP contribution in [0.25, 0.3) is 0 Å². The molecule has 0 radical (unpaired) electrons. The van der Waals surface area contributed by atoms with Crippen molar-refractivity contribution < 1.29 is 0 Å². The molecule has 0 saturated heterocycles. The van der Waals surface area contributed by atoms with E-state index < -0.39 is 0 Å². The summed E-state index contributed by atoms with van der Waals surface area (Å²) in [7, 11) is 0. The average Bonchev–Trinajstić information content (AvgIpc) is 2.18. The zero-order chi connectivity index (χ0) is 11.3. The van der Waals surface area contributed by atoms with Crippen molar-refractivity contribution in [2.24, 2.45) is 17.8 Å². The largest absolute Gasteiger partial charge is 0.313 e. The Hall–Kier alpha value is -0.550. The van der Waals surface area contributed by atoms with Crippen LogP contribution in [-0.4, -0.2) is 12.6 Å². The monoisotopic (exact) mass is 208 g/mol. The second-order valence-electron chi connectivity index (χ2n) is 5.29. The summed E-state index contributed by atoms with van der Waals surface area (Å²) in [5.41, 5.74) is 0. The molecule has 3 atom stereocenters. The topological polar surface area (TPSA) is 35.8 Å². The normalized spacial score (nSPS) is 31.5. The number of nitrogens with one attached hydrogen (secondary N) is 1. The third kappa shape index (κ3) is 3.83. The van der Waals surface area contributed by atoms with Gasteiger partial charge in [0.05, 0.1) is 6.07 Å². The minimum Gasteiger partial charge on any atom is -0.313 e. The summed E-state index contributed by atoms with van der Waals surface area (Å²) in [6.07, 6.45) is 4.65. The van der Waals surface area contributed by atoms with Gasteiger partial charge in [-0.3, -0.25) is 0 Å². The summed E-state index contributed by atoms with van der Waals surface area (Å²) in [6.45, 7) is 7.84. The molecule has 1 fully saturated rings. The van der Waals surface area contributed by atoms with Crippen LogP contribution in [0.15, 0.2) is 0 Å². The maximum absolute atomic E-state index is 8.53. The zero-order valence-corrected chi connectivity index (χ0v) is 10.3. The summed E-state index contributed by atoms with van der Waals surface area (Å²) in [5.74, 6) is 2.41. The summed E-state index contributed by atoms with van der Waals surface area (Å²) in [4.78, 5) is 0. The Morgan fingerprint density at radius 2 is 2.13 bits per heavy atom. The van der Waals surface area contributed by atoms with Gasteiger partial charge in [0, 0.05) is 19.0 Å². The molecule has 15 heavy (non-hydrogen) atoms. The standard InChI is InChI=1S/C13H24N2/c1-10(2)12-6-5-11(3)9-13(12)15-8-4-7-14/h10-13,15H,4-6,8-9H2,1-3H3. The quantitative estimate of drug-likeness (QED) is 0.721. The summed E-state index contributed by atoms with van der Waals surface area (Å²) in [5, 5.41) is 12.1. The highest BCUT2D eigenvalue weighted by molar-refractivity contribution is 4.86. The third-order valence-corrected chi connectivity index (χ3v) is 3.67. The van der Waals surface area contributed by atoms with Gasteiger partial charge in [0.25, 0.3) is 0 Å². The fourth-order valence-corrected chi connectivity index (χ4v) is 2.75. The molecule has 0 aromatic rings. The van der Waals surface area contributed by atoms with E-state index in [0.29, 0.717) is 12.5 Å². The van der Waals surface area contributed by atoms with Crippen LogP contribution in [0.2, 0.25) is 0 Å². The van der Waals surface area contributed by atoms with Crippen molar-refractivity contribution >= 4 is 0 Å². The lowest BCUT2D eigenvalue weighted by atomic mass is 9.74. The van der Waals surface area contributed by atoms with E-state index in [4.69, 9.17) is 5.26 Å². The van der Waals surface area contributed by atoms with Crippen LogP contribution in [0.5, 0.6) is 0 Å². The van der Waals surface area contributed by atoms with Crippen molar-refractivity contribution in [3.05, 3.63) is 0 Å². The van der Waals surface area contributed by atoms with Gasteiger partial charge >= 0.3 is 0 Å². The first-order valence-electron chi connectivity index (χ1n) is 6.25. The van der Waals surface area contributed by atoms with Crippen LogP contribution in [-0.2, 0) is 0 Å². The molecule has 86 valence electrons. The number of nitriles is 1. The lowest BCUT2D eigenvalue weighted by Gasteiger charge is -2.37. The highest BCUT2D eigenvalue weighted by atomic mass is 14.9. The number of hydrogen-bond donors (Lipinski definition) is 1. The van der Waals surface area contributed by atoms with E-state index in [-0.39, 0.29) is 0 Å². The fourth-order valence-electron chi connectivity index (χ4n) is 2.75. The van der Waals surface area contributed by atoms with Gasteiger partial charge < -0.3 is 5.32 Å². The van der Waals surface area contributed by atoms with E-state index in [1.165, 1.54) is 19.3 Å². The van der Waals surface area contributed by atoms with Gasteiger partial charge in [0.15, 0.2) is 0 Å². The van der Waals surface area contributed by atoms with Crippen LogP contribution >= 0.6 is 0 Å². The van der Waals surface area contributed by atoms with Gasteiger partial charge in [-0.25, -0.2) is 0 Å². The Bertz CT molecular complexity index is 217. The summed E-state index contributed by atoms with van der Waals surface area (Å²) >= 11 is 0. The Morgan fingerprint density at radius 1 is 1.40 bits per heavy atom. The molecule has 1 aliphatic rings. The first kappa shape index (κ1) is 12.5. The van der Waals surface area contributed by atoms with E-state index in [9.17, 15) is 0 Å². The molecule has 1 saturated carbocycles. The van der Waals surface area contributed by atoms with Crippen LogP contribution in [0.1, 0.15) is 46.5 Å². The maximum Gasteiger partial charge on any atom is 0.0635 e. The molecule has 2 nitrogen and oxygen atoms in total. The SMILES string of the molecule is CC1CCC(C(C)C)C(NCCC#N)C1. The van der Waals surface area contributed by atoms with E-state index in [1.807, 2.05) is 0 Å². The molecule has 1 N–H and O–H groups in total. The Labute approximate surface area is 94.1 Å². The van der Waals surface area contributed by atoms with E-state index >= 15 is 0 Å². The molecular weight excluding hydrogens is 184 g/mol. The number of rotatable bonds is 4. The Morgan fingerprint density at radius 3 is 2.73 bits per heavy atom. The van der Waals surface area contributed by atoms with E-state index in [1.54, 1.807) is 0 Å². The zero-order valence-electron chi connectivity index (χ0n) is 10.3. The molecule has 0 amide bonds. The molecule has 0 aliphatic heterocycles. The fraction of sp³-hybridized carbons (Fsp3) is 0.923. The molecule has 3 unspecified atom stereocenters. The van der Waals surface area contributed by atoms with Gasteiger partial charge in [-0.15, -0.1) is 0 Å². The minimum absolute atomic E-state index is 0.635. The van der Waals surface area contributed by atoms with Gasteiger partial charge in [0.1, 0.15) is 0 Å². The van der Waals surface area contributed by atoms with E-state index in [2.05, 4.69) is 32.2 Å². The second-order valence-corrected chi connectivity index (χ2v) is 5.29. The van der Waals surface area contributed by atoms with Crippen molar-refractivity contribution in [1.82, 2.24) is 5.32 Å². The highest BCUT2D eigenvalue weighted by Gasteiger charge is 2.29. The van der Waals surface area contributed by atoms with E-state index in [0.717, 1.165) is 24.3 Å². The summed E-state index contributed by atoms with van der Waals surface area (Å²) in [6, 6.07) is 2.84. The van der Waals surface area contributed by atoms with Crippen molar-refractivity contribution in [2.75, 3.05) is 6.54 Å². The smallest absolute Gasteiger partial charge is 0.0635 e. The third-order valence-electron chi connectivity index (χ3n) is 3.67. The molecular formula is C13H24N2. The Balaban J connectivity index is 2.43. The molecule has 0 spiro atoms. The lowest BCUT2D eigenvalue weighted by Crippen LogP contribution is -2.43. The van der Waals surface area contributed by atoms with Gasteiger partial charge in [-0.1, -0.05) is 27.2 Å². The molecule has 0 aromatic heterocycles. The maximum atomic E-state index is 8.53. The van der Waals surface area contributed by atoms with Gasteiger partial charge in [-0.2, -0.15) is 5.26 Å². The van der Waals surface area contributed by atoms with Gasteiger partial charge in [0.2, 0.25) is 0 Å². The molecule has 0 bridgehead atoms. The first-order valence-corrected chi connectivity index (χ1v) is 6.25.